The van der Waals surface area contributed by atoms with Crippen LogP contribution in [-0.4, -0.2) is 25.3 Å². The number of ether oxygens (including phenoxy) is 2. The number of hydrogen-bond donors (Lipinski definition) is 0. The second-order valence-corrected chi connectivity index (χ2v) is 10.3. The van der Waals surface area contributed by atoms with E-state index in [1.807, 2.05) is 0 Å². The highest BCUT2D eigenvalue weighted by atomic mass is 79.9. The van der Waals surface area contributed by atoms with Gasteiger partial charge in [-0.05, 0) is 84.2 Å². The summed E-state index contributed by atoms with van der Waals surface area (Å²) in [5.41, 5.74) is 13.2. The van der Waals surface area contributed by atoms with Crippen molar-refractivity contribution < 1.29 is 9.47 Å². The molecule has 0 fully saturated rings. The molecule has 0 atom stereocenters. The molecule has 2 aromatic rings. The maximum absolute atomic E-state index is 5.64. The zero-order chi connectivity index (χ0) is 25.1. The SMILES string of the molecule is CCC/C(=C\C=C/CBr)C1=C2CCc3ccc(OC)cc3C(=NC3=C1CCc1ccc(OC)cc13)C2. The molecular weight excluding hydrogens is 510 g/mol. The molecule has 0 saturated heterocycles. The Morgan fingerprint density at radius 3 is 2.33 bits per heavy atom. The molecule has 4 heteroatoms. The number of fused-ring (bicyclic) bond motifs is 6. The summed E-state index contributed by atoms with van der Waals surface area (Å²) < 4.78 is 11.3. The fraction of sp³-hybridized carbons (Fsp3) is 0.344. The fourth-order valence-corrected chi connectivity index (χ4v) is 5.97. The zero-order valence-corrected chi connectivity index (χ0v) is 23.1. The van der Waals surface area contributed by atoms with Crippen molar-refractivity contribution in [1.29, 1.82) is 0 Å². The summed E-state index contributed by atoms with van der Waals surface area (Å²) in [6.07, 6.45) is 13.9. The third-order valence-electron chi connectivity index (χ3n) is 7.47. The van der Waals surface area contributed by atoms with Crippen LogP contribution in [0.15, 0.2) is 81.9 Å². The number of benzene rings is 2. The van der Waals surface area contributed by atoms with Crippen molar-refractivity contribution in [2.24, 2.45) is 4.99 Å². The molecule has 0 aromatic heterocycles. The third kappa shape index (κ3) is 4.76. The molecule has 0 radical (unpaired) electrons. The molecule has 2 bridgehead atoms. The lowest BCUT2D eigenvalue weighted by Crippen LogP contribution is -2.09. The van der Waals surface area contributed by atoms with Gasteiger partial charge in [-0.15, -0.1) is 0 Å². The highest BCUT2D eigenvalue weighted by Crippen LogP contribution is 2.46. The Kier molecular flexibility index (Phi) is 7.62. The van der Waals surface area contributed by atoms with Gasteiger partial charge in [0, 0.05) is 22.9 Å². The molecule has 3 nitrogen and oxygen atoms in total. The van der Waals surface area contributed by atoms with Crippen molar-refractivity contribution >= 4 is 27.3 Å². The van der Waals surface area contributed by atoms with Crippen molar-refractivity contribution in [2.45, 2.75) is 51.9 Å². The van der Waals surface area contributed by atoms with Crippen LogP contribution in [0.1, 0.15) is 61.3 Å². The molecule has 2 aromatic carbocycles. The minimum Gasteiger partial charge on any atom is -0.497 e. The maximum Gasteiger partial charge on any atom is 0.119 e. The Morgan fingerprint density at radius 2 is 1.64 bits per heavy atom. The average molecular weight is 545 g/mol. The van der Waals surface area contributed by atoms with E-state index in [-0.39, 0.29) is 0 Å². The first-order valence-electron chi connectivity index (χ1n) is 13.0. The number of aliphatic imine (C=N–C) groups is 1. The quantitative estimate of drug-likeness (QED) is 0.260. The van der Waals surface area contributed by atoms with Crippen molar-refractivity contribution in [1.82, 2.24) is 0 Å². The van der Waals surface area contributed by atoms with E-state index in [0.29, 0.717) is 0 Å². The topological polar surface area (TPSA) is 30.8 Å². The van der Waals surface area contributed by atoms with E-state index in [4.69, 9.17) is 14.5 Å². The lowest BCUT2D eigenvalue weighted by atomic mass is 9.80. The van der Waals surface area contributed by atoms with Gasteiger partial charge in [-0.1, -0.05) is 65.2 Å². The summed E-state index contributed by atoms with van der Waals surface area (Å²) in [7, 11) is 3.48. The van der Waals surface area contributed by atoms with Crippen molar-refractivity contribution in [3.63, 3.8) is 0 Å². The van der Waals surface area contributed by atoms with Crippen LogP contribution >= 0.6 is 15.9 Å². The molecule has 1 heterocycles. The third-order valence-corrected chi connectivity index (χ3v) is 7.85. The molecule has 1 aliphatic heterocycles. The number of alkyl halides is 1. The molecule has 3 aliphatic rings. The van der Waals surface area contributed by atoms with Gasteiger partial charge in [-0.2, -0.15) is 0 Å². The number of hydrogen-bond acceptors (Lipinski definition) is 3. The lowest BCUT2D eigenvalue weighted by Gasteiger charge is -2.26. The van der Waals surface area contributed by atoms with Gasteiger partial charge < -0.3 is 9.47 Å². The summed E-state index contributed by atoms with van der Waals surface area (Å²) in [4.78, 5) is 5.49. The van der Waals surface area contributed by atoms with Crippen LogP contribution in [0.4, 0.5) is 0 Å². The summed E-state index contributed by atoms with van der Waals surface area (Å²) in [6, 6.07) is 13.0. The van der Waals surface area contributed by atoms with Gasteiger partial charge in [0.15, 0.2) is 0 Å². The second kappa shape index (κ2) is 11.0. The molecule has 5 rings (SSSR count). The van der Waals surface area contributed by atoms with Crippen molar-refractivity contribution in [2.75, 3.05) is 19.5 Å². The van der Waals surface area contributed by atoms with Crippen LogP contribution < -0.4 is 9.47 Å². The number of nitrogens with zero attached hydrogens (tertiary/aromatic N) is 1. The first-order chi connectivity index (χ1) is 17.7. The molecular formula is C32H34BrNO2. The first kappa shape index (κ1) is 24.8. The highest BCUT2D eigenvalue weighted by molar-refractivity contribution is 9.09. The van der Waals surface area contributed by atoms with E-state index >= 15 is 0 Å². The van der Waals surface area contributed by atoms with Crippen LogP contribution in [0.25, 0.3) is 5.70 Å². The van der Waals surface area contributed by atoms with Crippen LogP contribution in [0.5, 0.6) is 11.5 Å². The van der Waals surface area contributed by atoms with E-state index in [1.54, 1.807) is 14.2 Å². The predicted octanol–water partition coefficient (Wildman–Crippen LogP) is 8.17. The summed E-state index contributed by atoms with van der Waals surface area (Å²) in [6.45, 7) is 2.28. The van der Waals surface area contributed by atoms with Gasteiger partial charge in [0.2, 0.25) is 0 Å². The molecule has 36 heavy (non-hydrogen) atoms. The number of rotatable bonds is 7. The summed E-state index contributed by atoms with van der Waals surface area (Å²) in [5, 5.41) is 0.861. The standard InChI is InChI=1S/C32H34BrNO2/c1-4-7-23(8-5-6-17-33)31-24-10-9-21-11-14-25(35-2)19-28(21)30(18-24)34-32-27(31)16-13-22-12-15-26(36-3)20-29(22)32/h5-6,8,11-12,14-15,19-20H,4,7,9-10,13,16-18H2,1-3H3/b6-5-,23-8+. The van der Waals surface area contributed by atoms with Gasteiger partial charge >= 0.3 is 0 Å². The first-order valence-corrected chi connectivity index (χ1v) is 14.1. The summed E-state index contributed by atoms with van der Waals surface area (Å²) in [5.74, 6) is 1.77. The van der Waals surface area contributed by atoms with Gasteiger partial charge in [0.1, 0.15) is 11.5 Å². The maximum atomic E-state index is 5.64. The largest absolute Gasteiger partial charge is 0.497 e. The number of allylic oxidation sites excluding steroid dienone is 7. The van der Waals surface area contributed by atoms with Gasteiger partial charge in [-0.3, -0.25) is 4.99 Å². The van der Waals surface area contributed by atoms with Crippen molar-refractivity contribution in [3.8, 4) is 11.5 Å². The normalized spacial score (nSPS) is 17.2. The molecule has 0 saturated carbocycles. The Hall–Kier alpha value is -2.85. The minimum atomic E-state index is 0.861. The highest BCUT2D eigenvalue weighted by Gasteiger charge is 2.31. The predicted molar refractivity (Wildman–Crippen MR) is 154 cm³/mol. The Morgan fingerprint density at radius 1 is 0.944 bits per heavy atom. The molecule has 0 spiro atoms. The Balaban J connectivity index is 1.79. The van der Waals surface area contributed by atoms with E-state index < -0.39 is 0 Å². The second-order valence-electron chi connectivity index (χ2n) is 9.61. The van der Waals surface area contributed by atoms with E-state index in [9.17, 15) is 0 Å². The van der Waals surface area contributed by atoms with E-state index in [1.165, 1.54) is 44.5 Å². The monoisotopic (exact) mass is 543 g/mol. The number of methoxy groups -OCH3 is 2. The summed E-state index contributed by atoms with van der Waals surface area (Å²) >= 11 is 3.54. The van der Waals surface area contributed by atoms with Gasteiger partial charge in [0.05, 0.1) is 25.6 Å². The van der Waals surface area contributed by atoms with Crippen molar-refractivity contribution in [3.05, 3.63) is 99.2 Å². The fourth-order valence-electron chi connectivity index (χ4n) is 5.75. The van der Waals surface area contributed by atoms with Crippen LogP contribution in [0, 0.1) is 0 Å². The molecule has 0 N–H and O–H groups in total. The minimum absolute atomic E-state index is 0.861. The number of halogens is 1. The molecule has 0 amide bonds. The average Bonchev–Trinajstić information content (AvgIpc) is 3.19. The Bertz CT molecular complexity index is 1330. The van der Waals surface area contributed by atoms with Crippen LogP contribution in [-0.2, 0) is 12.8 Å². The van der Waals surface area contributed by atoms with Crippen LogP contribution in [0.3, 0.4) is 0 Å². The smallest absolute Gasteiger partial charge is 0.119 e. The van der Waals surface area contributed by atoms with Gasteiger partial charge in [0.25, 0.3) is 0 Å². The zero-order valence-electron chi connectivity index (χ0n) is 21.5. The molecule has 0 unspecified atom stereocenters. The van der Waals surface area contributed by atoms with Crippen LogP contribution in [0.2, 0.25) is 0 Å². The number of aryl methyl sites for hydroxylation is 2. The molecule has 186 valence electrons. The van der Waals surface area contributed by atoms with E-state index in [2.05, 4.69) is 77.5 Å². The van der Waals surface area contributed by atoms with E-state index in [0.717, 1.165) is 73.2 Å². The molecule has 2 aliphatic carbocycles. The lowest BCUT2D eigenvalue weighted by molar-refractivity contribution is 0.414. The van der Waals surface area contributed by atoms with Gasteiger partial charge in [-0.25, -0.2) is 0 Å². The Labute approximate surface area is 223 Å².